The van der Waals surface area contributed by atoms with E-state index in [0.29, 0.717) is 5.56 Å². The van der Waals surface area contributed by atoms with Crippen LogP contribution >= 0.6 is 0 Å². The monoisotopic (exact) mass is 260 g/mol. The summed E-state index contributed by atoms with van der Waals surface area (Å²) in [4.78, 5) is 11.4. The van der Waals surface area contributed by atoms with Gasteiger partial charge in [-0.3, -0.25) is 4.79 Å². The maximum atomic E-state index is 12.3. The summed E-state index contributed by atoms with van der Waals surface area (Å²) in [6.45, 7) is 2.11. The van der Waals surface area contributed by atoms with Crippen molar-refractivity contribution in [2.75, 3.05) is 6.54 Å². The summed E-state index contributed by atoms with van der Waals surface area (Å²) in [5.41, 5.74) is 5.23. The van der Waals surface area contributed by atoms with Crippen LogP contribution in [-0.4, -0.2) is 12.5 Å². The van der Waals surface area contributed by atoms with Crippen molar-refractivity contribution < 1.29 is 18.0 Å². The van der Waals surface area contributed by atoms with E-state index >= 15 is 0 Å². The van der Waals surface area contributed by atoms with E-state index in [-0.39, 0.29) is 24.9 Å². The number of benzene rings is 1. The Bertz CT molecular complexity index is 401. The molecule has 100 valence electrons. The Balaban J connectivity index is 2.57. The van der Waals surface area contributed by atoms with Gasteiger partial charge in [-0.25, -0.2) is 0 Å². The second kappa shape index (κ2) is 5.86. The highest BCUT2D eigenvalue weighted by Gasteiger charge is 2.29. The van der Waals surface area contributed by atoms with E-state index in [1.54, 1.807) is 6.92 Å². The van der Waals surface area contributed by atoms with Gasteiger partial charge < -0.3 is 11.1 Å². The first-order chi connectivity index (χ1) is 8.34. The van der Waals surface area contributed by atoms with E-state index in [1.807, 2.05) is 0 Å². The molecule has 1 rings (SSSR count). The zero-order valence-corrected chi connectivity index (χ0v) is 9.92. The molecule has 3 nitrogen and oxygen atoms in total. The van der Waals surface area contributed by atoms with Gasteiger partial charge in [-0.15, -0.1) is 0 Å². The summed E-state index contributed by atoms with van der Waals surface area (Å²) in [7, 11) is 0. The fourth-order valence-electron chi connectivity index (χ4n) is 1.28. The maximum Gasteiger partial charge on any atom is 0.416 e. The normalized spacial score (nSPS) is 13.2. The van der Waals surface area contributed by atoms with Gasteiger partial charge in [0.2, 0.25) is 5.91 Å². The zero-order chi connectivity index (χ0) is 13.8. The predicted octanol–water partition coefficient (Wildman–Crippen LogP) is 1.92. The fraction of sp³-hybridized carbons (Fsp3) is 0.417. The van der Waals surface area contributed by atoms with Crippen molar-refractivity contribution in [1.82, 2.24) is 5.32 Å². The number of amides is 1. The smallest absolute Gasteiger partial charge is 0.352 e. The third kappa shape index (κ3) is 4.03. The maximum absolute atomic E-state index is 12.3. The number of alkyl halides is 3. The van der Waals surface area contributed by atoms with Gasteiger partial charge in [-0.1, -0.05) is 19.1 Å². The Hall–Kier alpha value is -1.56. The first-order valence-corrected chi connectivity index (χ1v) is 5.48. The third-order valence-corrected chi connectivity index (χ3v) is 2.55. The van der Waals surface area contributed by atoms with E-state index in [9.17, 15) is 18.0 Å². The molecule has 3 N–H and O–H groups in total. The lowest BCUT2D eigenvalue weighted by Crippen LogP contribution is -2.32. The highest BCUT2D eigenvalue weighted by Crippen LogP contribution is 2.28. The topological polar surface area (TPSA) is 55.1 Å². The van der Waals surface area contributed by atoms with Gasteiger partial charge in [-0.2, -0.15) is 13.2 Å². The Labute approximate surface area is 103 Å². The van der Waals surface area contributed by atoms with Crippen LogP contribution in [0.4, 0.5) is 13.2 Å². The average Bonchev–Trinajstić information content (AvgIpc) is 2.34. The molecule has 0 radical (unpaired) electrons. The molecule has 0 heterocycles. The Kier molecular flexibility index (Phi) is 4.72. The molecule has 18 heavy (non-hydrogen) atoms. The van der Waals surface area contributed by atoms with Crippen molar-refractivity contribution in [2.24, 2.45) is 11.7 Å². The molecule has 1 aromatic rings. The number of hydrogen-bond acceptors (Lipinski definition) is 2. The van der Waals surface area contributed by atoms with Crippen LogP contribution in [0.1, 0.15) is 18.1 Å². The molecular formula is C12H15F3N2O. The summed E-state index contributed by atoms with van der Waals surface area (Å²) < 4.78 is 36.9. The quantitative estimate of drug-likeness (QED) is 0.869. The average molecular weight is 260 g/mol. The van der Waals surface area contributed by atoms with E-state index in [4.69, 9.17) is 5.73 Å². The number of carbonyl (C=O) groups is 1. The molecule has 6 heteroatoms. The van der Waals surface area contributed by atoms with E-state index < -0.39 is 11.7 Å². The van der Waals surface area contributed by atoms with Crippen molar-refractivity contribution in [1.29, 1.82) is 0 Å². The number of nitrogens with one attached hydrogen (secondary N) is 1. The molecule has 0 saturated heterocycles. The molecule has 1 atom stereocenters. The minimum Gasteiger partial charge on any atom is -0.352 e. The van der Waals surface area contributed by atoms with E-state index in [0.717, 1.165) is 12.1 Å². The number of hydrogen-bond donors (Lipinski definition) is 2. The van der Waals surface area contributed by atoms with Gasteiger partial charge in [-0.05, 0) is 17.7 Å². The summed E-state index contributed by atoms with van der Waals surface area (Å²) in [6, 6.07) is 4.67. The van der Waals surface area contributed by atoms with Crippen LogP contribution in [0.5, 0.6) is 0 Å². The Morgan fingerprint density at radius 1 is 1.33 bits per heavy atom. The van der Waals surface area contributed by atoms with Crippen LogP contribution in [0, 0.1) is 5.92 Å². The first kappa shape index (κ1) is 14.5. The highest BCUT2D eigenvalue weighted by atomic mass is 19.4. The molecule has 0 aliphatic heterocycles. The van der Waals surface area contributed by atoms with Crippen LogP contribution in [0.25, 0.3) is 0 Å². The number of nitrogens with two attached hydrogens (primary N) is 1. The minimum absolute atomic E-state index is 0.196. The van der Waals surface area contributed by atoms with Gasteiger partial charge in [0.1, 0.15) is 0 Å². The molecule has 0 aliphatic carbocycles. The van der Waals surface area contributed by atoms with Crippen LogP contribution in [-0.2, 0) is 17.5 Å². The zero-order valence-electron chi connectivity index (χ0n) is 9.92. The van der Waals surface area contributed by atoms with Gasteiger partial charge in [0, 0.05) is 19.0 Å². The lowest BCUT2D eigenvalue weighted by molar-refractivity contribution is -0.137. The van der Waals surface area contributed by atoms with Gasteiger partial charge in [0.15, 0.2) is 0 Å². The standard InChI is InChI=1S/C12H15F3N2O/c1-8(6-16)11(18)17-7-9-2-4-10(5-3-9)12(13,14)15/h2-5,8H,6-7,16H2,1H3,(H,17,18). The van der Waals surface area contributed by atoms with Crippen molar-refractivity contribution in [3.8, 4) is 0 Å². The highest BCUT2D eigenvalue weighted by molar-refractivity contribution is 5.78. The molecule has 0 fully saturated rings. The van der Waals surface area contributed by atoms with Crippen molar-refractivity contribution in [3.63, 3.8) is 0 Å². The first-order valence-electron chi connectivity index (χ1n) is 5.48. The number of rotatable bonds is 4. The third-order valence-electron chi connectivity index (χ3n) is 2.55. The van der Waals surface area contributed by atoms with Crippen LogP contribution in [0.3, 0.4) is 0 Å². The molecule has 0 aliphatic rings. The molecule has 1 aromatic carbocycles. The van der Waals surface area contributed by atoms with Gasteiger partial charge in [0.25, 0.3) is 0 Å². The number of halogens is 3. The molecule has 1 amide bonds. The minimum atomic E-state index is -4.34. The van der Waals surface area contributed by atoms with Crippen molar-refractivity contribution >= 4 is 5.91 Å². The summed E-state index contributed by atoms with van der Waals surface area (Å²) in [5.74, 6) is -0.517. The Morgan fingerprint density at radius 3 is 2.33 bits per heavy atom. The molecule has 1 unspecified atom stereocenters. The van der Waals surface area contributed by atoms with Crippen LogP contribution < -0.4 is 11.1 Å². The van der Waals surface area contributed by atoms with E-state index in [1.165, 1.54) is 12.1 Å². The fourth-order valence-corrected chi connectivity index (χ4v) is 1.28. The molecule has 0 saturated carbocycles. The van der Waals surface area contributed by atoms with E-state index in [2.05, 4.69) is 5.32 Å². The SMILES string of the molecule is CC(CN)C(=O)NCc1ccc(C(F)(F)F)cc1. The summed E-state index contributed by atoms with van der Waals surface area (Å²) in [5, 5.41) is 2.61. The van der Waals surface area contributed by atoms with Gasteiger partial charge in [0.05, 0.1) is 5.56 Å². The summed E-state index contributed by atoms with van der Waals surface area (Å²) in [6.07, 6.45) is -4.34. The Morgan fingerprint density at radius 2 is 1.89 bits per heavy atom. The molecule has 0 aromatic heterocycles. The molecule has 0 bridgehead atoms. The summed E-state index contributed by atoms with van der Waals surface area (Å²) >= 11 is 0. The van der Waals surface area contributed by atoms with Crippen LogP contribution in [0.15, 0.2) is 24.3 Å². The molecular weight excluding hydrogens is 245 g/mol. The molecule has 0 spiro atoms. The predicted molar refractivity (Wildman–Crippen MR) is 61.5 cm³/mol. The van der Waals surface area contributed by atoms with Crippen molar-refractivity contribution in [2.45, 2.75) is 19.6 Å². The lowest BCUT2D eigenvalue weighted by Gasteiger charge is -2.11. The second-order valence-corrected chi connectivity index (χ2v) is 4.05. The van der Waals surface area contributed by atoms with Crippen LogP contribution in [0.2, 0.25) is 0 Å². The lowest BCUT2D eigenvalue weighted by atomic mass is 10.1. The van der Waals surface area contributed by atoms with Crippen molar-refractivity contribution in [3.05, 3.63) is 35.4 Å². The number of carbonyl (C=O) groups excluding carboxylic acids is 1. The second-order valence-electron chi connectivity index (χ2n) is 4.05. The largest absolute Gasteiger partial charge is 0.416 e. The van der Waals surface area contributed by atoms with Gasteiger partial charge >= 0.3 is 6.18 Å².